The zero-order valence-corrected chi connectivity index (χ0v) is 12.0. The highest BCUT2D eigenvalue weighted by atomic mass is 14.9. The SMILES string of the molecule is CC(C)=C/C(=N\C(=N)C(C)(C)C)C(C)(C)C. The van der Waals surface area contributed by atoms with Gasteiger partial charge in [-0.1, -0.05) is 47.1 Å². The van der Waals surface area contributed by atoms with E-state index in [1.165, 1.54) is 5.57 Å². The van der Waals surface area contributed by atoms with Crippen LogP contribution in [0.1, 0.15) is 55.4 Å². The predicted octanol–water partition coefficient (Wildman–Crippen LogP) is 4.46. The molecule has 0 saturated carbocycles. The Labute approximate surface area is 100 Å². The first kappa shape index (κ1) is 15.1. The summed E-state index contributed by atoms with van der Waals surface area (Å²) in [6.45, 7) is 16.5. The largest absolute Gasteiger partial charge is 0.286 e. The van der Waals surface area contributed by atoms with Gasteiger partial charge >= 0.3 is 0 Å². The summed E-state index contributed by atoms with van der Waals surface area (Å²) in [6.07, 6.45) is 2.07. The molecule has 16 heavy (non-hydrogen) atoms. The number of aliphatic imine (C=N–C) groups is 1. The maximum Gasteiger partial charge on any atom is 0.126 e. The predicted molar refractivity (Wildman–Crippen MR) is 73.5 cm³/mol. The van der Waals surface area contributed by atoms with Gasteiger partial charge < -0.3 is 0 Å². The van der Waals surface area contributed by atoms with Crippen LogP contribution in [-0.2, 0) is 0 Å². The van der Waals surface area contributed by atoms with Crippen LogP contribution in [0.4, 0.5) is 0 Å². The maximum absolute atomic E-state index is 7.98. The van der Waals surface area contributed by atoms with Gasteiger partial charge in [0.2, 0.25) is 0 Å². The van der Waals surface area contributed by atoms with Gasteiger partial charge in [0.1, 0.15) is 5.84 Å². The first-order valence-electron chi connectivity index (χ1n) is 5.77. The fourth-order valence-electron chi connectivity index (χ4n) is 0.978. The average Bonchev–Trinajstić information content (AvgIpc) is 1.98. The summed E-state index contributed by atoms with van der Waals surface area (Å²) in [7, 11) is 0. The highest BCUT2D eigenvalue weighted by molar-refractivity contribution is 6.07. The van der Waals surface area contributed by atoms with E-state index in [0.29, 0.717) is 5.84 Å². The van der Waals surface area contributed by atoms with Gasteiger partial charge in [0.15, 0.2) is 0 Å². The van der Waals surface area contributed by atoms with E-state index in [1.54, 1.807) is 0 Å². The lowest BCUT2D eigenvalue weighted by molar-refractivity contribution is 0.572. The Morgan fingerprint density at radius 2 is 1.38 bits per heavy atom. The van der Waals surface area contributed by atoms with Crippen LogP contribution in [0.25, 0.3) is 0 Å². The Kier molecular flexibility index (Phi) is 4.66. The molecule has 0 heterocycles. The molecule has 0 atom stereocenters. The maximum atomic E-state index is 7.98. The fourth-order valence-corrected chi connectivity index (χ4v) is 0.978. The topological polar surface area (TPSA) is 36.2 Å². The lowest BCUT2D eigenvalue weighted by Gasteiger charge is -2.23. The number of nitrogens with one attached hydrogen (secondary N) is 1. The summed E-state index contributed by atoms with van der Waals surface area (Å²) >= 11 is 0. The summed E-state index contributed by atoms with van der Waals surface area (Å²) < 4.78 is 0. The summed E-state index contributed by atoms with van der Waals surface area (Å²) in [6, 6.07) is 0. The van der Waals surface area contributed by atoms with E-state index in [4.69, 9.17) is 5.41 Å². The molecule has 0 unspecified atom stereocenters. The second-order valence-electron chi connectivity index (χ2n) is 6.57. The molecule has 0 amide bonds. The van der Waals surface area contributed by atoms with Gasteiger partial charge in [-0.3, -0.25) is 5.41 Å². The molecule has 1 N–H and O–H groups in total. The van der Waals surface area contributed by atoms with Crippen LogP contribution in [0.15, 0.2) is 16.6 Å². The second kappa shape index (κ2) is 4.94. The summed E-state index contributed by atoms with van der Waals surface area (Å²) in [5, 5.41) is 7.98. The molecule has 0 aromatic heterocycles. The Hall–Kier alpha value is -0.920. The van der Waals surface area contributed by atoms with Crippen molar-refractivity contribution < 1.29 is 0 Å². The van der Waals surface area contributed by atoms with E-state index < -0.39 is 0 Å². The third kappa shape index (κ3) is 5.24. The molecule has 2 nitrogen and oxygen atoms in total. The first-order chi connectivity index (χ1) is 6.94. The van der Waals surface area contributed by atoms with E-state index >= 15 is 0 Å². The minimum atomic E-state index is -0.189. The zero-order chi connectivity index (χ0) is 13.1. The number of hydrogen-bond acceptors (Lipinski definition) is 1. The minimum Gasteiger partial charge on any atom is -0.286 e. The number of rotatable bonds is 1. The molecule has 0 saturated heterocycles. The van der Waals surface area contributed by atoms with Crippen molar-refractivity contribution >= 4 is 11.5 Å². The van der Waals surface area contributed by atoms with E-state index in [2.05, 4.69) is 45.7 Å². The molecule has 0 aliphatic carbocycles. The first-order valence-corrected chi connectivity index (χ1v) is 5.77. The summed E-state index contributed by atoms with van der Waals surface area (Å²) in [5.41, 5.74) is 1.99. The van der Waals surface area contributed by atoms with Crippen molar-refractivity contribution in [1.29, 1.82) is 5.41 Å². The van der Waals surface area contributed by atoms with Crippen molar-refractivity contribution in [2.24, 2.45) is 15.8 Å². The Balaban J connectivity index is 5.31. The smallest absolute Gasteiger partial charge is 0.126 e. The number of allylic oxidation sites excluding steroid dienone is 2. The summed E-state index contributed by atoms with van der Waals surface area (Å²) in [4.78, 5) is 4.48. The quantitative estimate of drug-likeness (QED) is 0.502. The van der Waals surface area contributed by atoms with Crippen molar-refractivity contribution in [2.45, 2.75) is 55.4 Å². The van der Waals surface area contributed by atoms with E-state index in [9.17, 15) is 0 Å². The third-order valence-electron chi connectivity index (χ3n) is 2.14. The van der Waals surface area contributed by atoms with Crippen LogP contribution in [0.3, 0.4) is 0 Å². The van der Waals surface area contributed by atoms with Crippen LogP contribution in [-0.4, -0.2) is 11.5 Å². The van der Waals surface area contributed by atoms with Crippen molar-refractivity contribution in [3.63, 3.8) is 0 Å². The molecule has 0 fully saturated rings. The Morgan fingerprint density at radius 1 is 0.938 bits per heavy atom. The highest BCUT2D eigenvalue weighted by Gasteiger charge is 2.21. The Morgan fingerprint density at radius 3 is 1.62 bits per heavy atom. The van der Waals surface area contributed by atoms with Crippen molar-refractivity contribution in [3.05, 3.63) is 11.6 Å². The van der Waals surface area contributed by atoms with Gasteiger partial charge in [0, 0.05) is 16.5 Å². The molecular formula is C14H26N2. The molecule has 2 heteroatoms. The van der Waals surface area contributed by atoms with Crippen LogP contribution >= 0.6 is 0 Å². The molecule has 0 aromatic rings. The van der Waals surface area contributed by atoms with E-state index in [0.717, 1.165) is 5.71 Å². The Bertz CT molecular complexity index is 316. The van der Waals surface area contributed by atoms with Gasteiger partial charge in [-0.05, 0) is 19.9 Å². The molecule has 0 spiro atoms. The van der Waals surface area contributed by atoms with Crippen LogP contribution in [0.5, 0.6) is 0 Å². The van der Waals surface area contributed by atoms with Crippen molar-refractivity contribution in [1.82, 2.24) is 0 Å². The van der Waals surface area contributed by atoms with Crippen LogP contribution < -0.4 is 0 Å². The normalized spacial score (nSPS) is 13.6. The summed E-state index contributed by atoms with van der Waals surface area (Å²) in [5.74, 6) is 0.440. The van der Waals surface area contributed by atoms with Crippen molar-refractivity contribution in [3.8, 4) is 0 Å². The number of amidine groups is 1. The van der Waals surface area contributed by atoms with E-state index in [1.807, 2.05) is 20.8 Å². The monoisotopic (exact) mass is 222 g/mol. The minimum absolute atomic E-state index is 0.0190. The molecule has 0 rings (SSSR count). The average molecular weight is 222 g/mol. The number of nitrogens with zero attached hydrogens (tertiary/aromatic N) is 1. The van der Waals surface area contributed by atoms with Crippen LogP contribution in [0.2, 0.25) is 0 Å². The molecule has 0 bridgehead atoms. The van der Waals surface area contributed by atoms with E-state index in [-0.39, 0.29) is 10.8 Å². The molecule has 0 aliphatic heterocycles. The molecular weight excluding hydrogens is 196 g/mol. The molecule has 0 aromatic carbocycles. The van der Waals surface area contributed by atoms with Gasteiger partial charge in [0.05, 0.1) is 0 Å². The van der Waals surface area contributed by atoms with Crippen LogP contribution in [0, 0.1) is 16.2 Å². The van der Waals surface area contributed by atoms with Gasteiger partial charge in [-0.15, -0.1) is 0 Å². The molecule has 0 aliphatic rings. The molecule has 92 valence electrons. The van der Waals surface area contributed by atoms with Gasteiger partial charge in [-0.2, -0.15) is 0 Å². The third-order valence-corrected chi connectivity index (χ3v) is 2.14. The lowest BCUT2D eigenvalue weighted by Crippen LogP contribution is -2.24. The second-order valence-corrected chi connectivity index (χ2v) is 6.57. The standard InChI is InChI=1S/C14H26N2/c1-10(2)9-11(13(3,4)5)16-12(15)14(6,7)8/h9,15H,1-8H3/b15-12?,16-11+. The fraction of sp³-hybridized carbons (Fsp3) is 0.714. The zero-order valence-electron chi connectivity index (χ0n) is 12.0. The number of hydrogen-bond donors (Lipinski definition) is 1. The molecule has 0 radical (unpaired) electrons. The van der Waals surface area contributed by atoms with Crippen molar-refractivity contribution in [2.75, 3.05) is 0 Å². The van der Waals surface area contributed by atoms with Gasteiger partial charge in [0.25, 0.3) is 0 Å². The lowest BCUT2D eigenvalue weighted by atomic mass is 9.88. The highest BCUT2D eigenvalue weighted by Crippen LogP contribution is 2.22. The van der Waals surface area contributed by atoms with Gasteiger partial charge in [-0.25, -0.2) is 4.99 Å².